The van der Waals surface area contributed by atoms with Crippen molar-refractivity contribution in [2.45, 2.75) is 57.7 Å². The average molecular weight is 257 g/mol. The summed E-state index contributed by atoms with van der Waals surface area (Å²) in [6.07, 6.45) is 7.25. The maximum Gasteiger partial charge on any atom is 0.126 e. The Morgan fingerprint density at radius 3 is 2.53 bits per heavy atom. The first-order valence-corrected chi connectivity index (χ1v) is 6.99. The number of halogens is 2. The monoisotopic (exact) mass is 256 g/mol. The molecular formula is C15H22ClF. The lowest BCUT2D eigenvalue weighted by atomic mass is 10.0. The minimum Gasteiger partial charge on any atom is -0.207 e. The second kappa shape index (κ2) is 7.71. The van der Waals surface area contributed by atoms with Crippen LogP contribution in [0.15, 0.2) is 18.2 Å². The van der Waals surface area contributed by atoms with Crippen molar-refractivity contribution in [3.63, 3.8) is 0 Å². The number of unbranched alkanes of at least 4 members (excludes halogenated alkanes) is 4. The Morgan fingerprint density at radius 1 is 1.18 bits per heavy atom. The topological polar surface area (TPSA) is 0 Å². The number of alkyl halides is 1. The third-order valence-electron chi connectivity index (χ3n) is 3.10. The lowest BCUT2D eigenvalue weighted by Gasteiger charge is -2.10. The molecule has 1 aromatic carbocycles. The van der Waals surface area contributed by atoms with Crippen LogP contribution in [0.4, 0.5) is 4.39 Å². The Balaban J connectivity index is 2.36. The van der Waals surface area contributed by atoms with Gasteiger partial charge in [0.1, 0.15) is 5.82 Å². The Hall–Kier alpha value is -0.560. The molecule has 96 valence electrons. The van der Waals surface area contributed by atoms with Crippen LogP contribution in [0, 0.1) is 12.7 Å². The molecule has 2 heteroatoms. The van der Waals surface area contributed by atoms with E-state index in [0.29, 0.717) is 5.56 Å². The fourth-order valence-corrected chi connectivity index (χ4v) is 2.25. The predicted octanol–water partition coefficient (Wildman–Crippen LogP) is 5.77. The number of hydrogen-bond acceptors (Lipinski definition) is 0. The van der Waals surface area contributed by atoms with E-state index < -0.39 is 0 Å². The fourth-order valence-electron chi connectivity index (χ4n) is 1.96. The van der Waals surface area contributed by atoms with Crippen LogP contribution in [-0.4, -0.2) is 0 Å². The van der Waals surface area contributed by atoms with Crippen LogP contribution in [-0.2, 0) is 0 Å². The van der Waals surface area contributed by atoms with Crippen LogP contribution in [0.1, 0.15) is 62.0 Å². The molecule has 0 nitrogen and oxygen atoms in total. The van der Waals surface area contributed by atoms with Crippen LogP contribution in [0.2, 0.25) is 0 Å². The molecule has 0 spiro atoms. The SMILES string of the molecule is CCCCCCCC(Cl)c1ccc(F)c(C)c1. The molecule has 1 unspecified atom stereocenters. The normalized spacial score (nSPS) is 12.7. The first-order valence-electron chi connectivity index (χ1n) is 6.55. The maximum atomic E-state index is 13.1. The van der Waals surface area contributed by atoms with Crippen molar-refractivity contribution in [2.75, 3.05) is 0 Å². The van der Waals surface area contributed by atoms with Crippen LogP contribution in [0.5, 0.6) is 0 Å². The van der Waals surface area contributed by atoms with Crippen LogP contribution < -0.4 is 0 Å². The molecule has 0 N–H and O–H groups in total. The molecule has 0 aliphatic rings. The highest BCUT2D eigenvalue weighted by molar-refractivity contribution is 6.20. The minimum atomic E-state index is -0.152. The minimum absolute atomic E-state index is 0.0240. The van der Waals surface area contributed by atoms with Crippen molar-refractivity contribution in [3.8, 4) is 0 Å². The first-order chi connectivity index (χ1) is 8.15. The van der Waals surface area contributed by atoms with E-state index in [1.165, 1.54) is 31.7 Å². The molecule has 0 aromatic heterocycles. The van der Waals surface area contributed by atoms with E-state index in [1.54, 1.807) is 13.0 Å². The zero-order chi connectivity index (χ0) is 12.7. The van der Waals surface area contributed by atoms with Gasteiger partial charge in [0.25, 0.3) is 0 Å². The van der Waals surface area contributed by atoms with Gasteiger partial charge >= 0.3 is 0 Å². The van der Waals surface area contributed by atoms with Crippen molar-refractivity contribution in [1.82, 2.24) is 0 Å². The van der Waals surface area contributed by atoms with Gasteiger partial charge in [-0.15, -0.1) is 11.6 Å². The zero-order valence-electron chi connectivity index (χ0n) is 10.8. The zero-order valence-corrected chi connectivity index (χ0v) is 11.6. The highest BCUT2D eigenvalue weighted by atomic mass is 35.5. The molecule has 1 rings (SSSR count). The van der Waals surface area contributed by atoms with Gasteiger partial charge in [0.05, 0.1) is 5.38 Å². The van der Waals surface area contributed by atoms with Gasteiger partial charge in [-0.25, -0.2) is 4.39 Å². The summed E-state index contributed by atoms with van der Waals surface area (Å²) in [5.74, 6) is -0.152. The van der Waals surface area contributed by atoms with Gasteiger partial charge in [0.15, 0.2) is 0 Å². The molecule has 0 bridgehead atoms. The van der Waals surface area contributed by atoms with Gasteiger partial charge in [-0.05, 0) is 30.5 Å². The van der Waals surface area contributed by atoms with Crippen LogP contribution in [0.25, 0.3) is 0 Å². The van der Waals surface area contributed by atoms with Crippen molar-refractivity contribution < 1.29 is 4.39 Å². The van der Waals surface area contributed by atoms with Crippen LogP contribution >= 0.6 is 11.6 Å². The summed E-state index contributed by atoms with van der Waals surface area (Å²) < 4.78 is 13.1. The lowest BCUT2D eigenvalue weighted by Crippen LogP contribution is -1.93. The van der Waals surface area contributed by atoms with E-state index in [2.05, 4.69) is 6.92 Å². The summed E-state index contributed by atoms with van der Waals surface area (Å²) in [6.45, 7) is 4.00. The van der Waals surface area contributed by atoms with Crippen molar-refractivity contribution in [2.24, 2.45) is 0 Å². The summed E-state index contributed by atoms with van der Waals surface area (Å²) >= 11 is 6.32. The Labute approximate surface area is 109 Å². The molecule has 0 radical (unpaired) electrons. The van der Waals surface area contributed by atoms with Gasteiger partial charge in [0, 0.05) is 0 Å². The van der Waals surface area contributed by atoms with Gasteiger partial charge < -0.3 is 0 Å². The number of rotatable bonds is 7. The fraction of sp³-hybridized carbons (Fsp3) is 0.600. The van der Waals surface area contributed by atoms with E-state index in [4.69, 9.17) is 11.6 Å². The molecule has 17 heavy (non-hydrogen) atoms. The predicted molar refractivity (Wildman–Crippen MR) is 73.1 cm³/mol. The number of aryl methyl sites for hydroxylation is 1. The van der Waals surface area contributed by atoms with Crippen molar-refractivity contribution >= 4 is 11.6 Å². The highest BCUT2D eigenvalue weighted by Crippen LogP contribution is 2.27. The molecule has 0 heterocycles. The van der Waals surface area contributed by atoms with Crippen molar-refractivity contribution in [3.05, 3.63) is 35.1 Å². The van der Waals surface area contributed by atoms with Gasteiger partial charge in [-0.1, -0.05) is 51.2 Å². The quantitative estimate of drug-likeness (QED) is 0.429. The molecule has 0 aliphatic heterocycles. The van der Waals surface area contributed by atoms with E-state index in [1.807, 2.05) is 6.07 Å². The van der Waals surface area contributed by atoms with Gasteiger partial charge in [-0.3, -0.25) is 0 Å². The average Bonchev–Trinajstić information content (AvgIpc) is 2.32. The van der Waals surface area contributed by atoms with Gasteiger partial charge in [-0.2, -0.15) is 0 Å². The molecule has 0 saturated carbocycles. The molecule has 1 atom stereocenters. The standard InChI is InChI=1S/C15H22ClF/c1-3-4-5-6-7-8-14(16)13-9-10-15(17)12(2)11-13/h9-11,14H,3-8H2,1-2H3. The molecule has 0 saturated heterocycles. The highest BCUT2D eigenvalue weighted by Gasteiger charge is 2.09. The van der Waals surface area contributed by atoms with E-state index in [-0.39, 0.29) is 11.2 Å². The second-order valence-electron chi connectivity index (χ2n) is 4.68. The summed E-state index contributed by atoms with van der Waals surface area (Å²) in [4.78, 5) is 0. The van der Waals surface area contributed by atoms with E-state index in [9.17, 15) is 4.39 Å². The van der Waals surface area contributed by atoms with E-state index >= 15 is 0 Å². The molecule has 0 amide bonds. The largest absolute Gasteiger partial charge is 0.207 e. The lowest BCUT2D eigenvalue weighted by molar-refractivity contribution is 0.598. The summed E-state index contributed by atoms with van der Waals surface area (Å²) in [7, 11) is 0. The smallest absolute Gasteiger partial charge is 0.126 e. The van der Waals surface area contributed by atoms with Crippen molar-refractivity contribution in [1.29, 1.82) is 0 Å². The summed E-state index contributed by atoms with van der Waals surface area (Å²) in [6, 6.07) is 5.17. The Bertz CT molecular complexity index is 336. The second-order valence-corrected chi connectivity index (χ2v) is 5.21. The Morgan fingerprint density at radius 2 is 1.88 bits per heavy atom. The first kappa shape index (κ1) is 14.5. The number of benzene rings is 1. The number of hydrogen-bond donors (Lipinski definition) is 0. The maximum absolute atomic E-state index is 13.1. The molecule has 0 aliphatic carbocycles. The molecule has 1 aromatic rings. The summed E-state index contributed by atoms with van der Waals surface area (Å²) in [5.41, 5.74) is 1.72. The molecular weight excluding hydrogens is 235 g/mol. The Kier molecular flexibility index (Phi) is 6.57. The summed E-state index contributed by atoms with van der Waals surface area (Å²) in [5, 5.41) is 0.0240. The van der Waals surface area contributed by atoms with Gasteiger partial charge in [0.2, 0.25) is 0 Å². The van der Waals surface area contributed by atoms with Crippen LogP contribution in [0.3, 0.4) is 0 Å². The van der Waals surface area contributed by atoms with E-state index in [0.717, 1.165) is 18.4 Å². The molecule has 0 fully saturated rings. The third kappa shape index (κ3) is 5.08. The third-order valence-corrected chi connectivity index (χ3v) is 3.58.